The summed E-state index contributed by atoms with van der Waals surface area (Å²) in [4.78, 5) is 0. The maximum Gasteiger partial charge on any atom is 0.412 e. The number of hydrogen-bond acceptors (Lipinski definition) is 0. The van der Waals surface area contributed by atoms with Crippen LogP contribution in [-0.4, -0.2) is 6.18 Å². The molecule has 30 heavy (non-hydrogen) atoms. The maximum atomic E-state index is 13.8. The molecule has 0 atom stereocenters. The molecule has 0 heterocycles. The Labute approximate surface area is 180 Å². The highest BCUT2D eigenvalue weighted by atomic mass is 19.4. The molecule has 3 fully saturated rings. The molecule has 0 aromatic rings. The lowest BCUT2D eigenvalue weighted by molar-refractivity contribution is -0.0821. The van der Waals surface area contributed by atoms with E-state index in [-0.39, 0.29) is 6.08 Å². The van der Waals surface area contributed by atoms with E-state index < -0.39 is 17.9 Å². The van der Waals surface area contributed by atoms with Crippen molar-refractivity contribution in [2.45, 2.75) is 103 Å². The predicted octanol–water partition coefficient (Wildman–Crippen LogP) is 9.18. The molecular weight excluding hydrogens is 388 g/mol. The van der Waals surface area contributed by atoms with Crippen molar-refractivity contribution in [3.05, 3.63) is 24.1 Å². The van der Waals surface area contributed by atoms with Gasteiger partial charge in [0.2, 0.25) is 0 Å². The molecule has 0 aliphatic heterocycles. The molecule has 0 unspecified atom stereocenters. The van der Waals surface area contributed by atoms with Crippen LogP contribution in [0.25, 0.3) is 0 Å². The van der Waals surface area contributed by atoms with E-state index in [9.17, 15) is 17.6 Å². The second-order valence-electron chi connectivity index (χ2n) is 10.3. The van der Waals surface area contributed by atoms with Gasteiger partial charge in [0.05, 0.1) is 6.08 Å². The van der Waals surface area contributed by atoms with E-state index in [0.717, 1.165) is 24.7 Å². The zero-order valence-electron chi connectivity index (χ0n) is 18.6. The van der Waals surface area contributed by atoms with Crippen LogP contribution in [0.3, 0.4) is 0 Å². The van der Waals surface area contributed by atoms with Crippen molar-refractivity contribution in [3.8, 4) is 0 Å². The average Bonchev–Trinajstić information content (AvgIpc) is 2.73. The monoisotopic (exact) mass is 428 g/mol. The molecule has 0 saturated heterocycles. The van der Waals surface area contributed by atoms with Crippen molar-refractivity contribution in [1.29, 1.82) is 0 Å². The predicted molar refractivity (Wildman–Crippen MR) is 116 cm³/mol. The molecule has 4 heteroatoms. The molecule has 0 nitrogen and oxygen atoms in total. The van der Waals surface area contributed by atoms with Crippen LogP contribution >= 0.6 is 0 Å². The van der Waals surface area contributed by atoms with E-state index in [4.69, 9.17) is 0 Å². The largest absolute Gasteiger partial charge is 0.412 e. The van der Waals surface area contributed by atoms with Gasteiger partial charge >= 0.3 is 6.18 Å². The summed E-state index contributed by atoms with van der Waals surface area (Å²) in [5, 5.41) is 0. The molecule has 3 aliphatic rings. The van der Waals surface area contributed by atoms with Crippen LogP contribution in [0.5, 0.6) is 0 Å². The first-order valence-electron chi connectivity index (χ1n) is 12.5. The quantitative estimate of drug-likeness (QED) is 0.292. The van der Waals surface area contributed by atoms with E-state index >= 15 is 0 Å². The molecule has 0 bridgehead atoms. The van der Waals surface area contributed by atoms with E-state index in [1.165, 1.54) is 64.2 Å². The minimum atomic E-state index is -4.54. The SMILES string of the molecule is CCCC1CCC(/C=C/C2CCC(C3CCC(/C(F)=C/C(F)(F)F)CC3)CC2)CC1. The molecule has 0 amide bonds. The second kappa shape index (κ2) is 11.2. The number of allylic oxidation sites excluding steroid dienone is 4. The topological polar surface area (TPSA) is 0 Å². The number of hydrogen-bond donors (Lipinski definition) is 0. The Bertz CT molecular complexity index is 552. The van der Waals surface area contributed by atoms with Gasteiger partial charge in [-0.1, -0.05) is 31.9 Å². The fraction of sp³-hybridized carbons (Fsp3) is 0.846. The number of rotatable bonds is 6. The molecule has 3 saturated carbocycles. The summed E-state index contributed by atoms with van der Waals surface area (Å²) in [6.07, 6.45) is 16.4. The fourth-order valence-electron chi connectivity index (χ4n) is 6.34. The van der Waals surface area contributed by atoms with Gasteiger partial charge in [0.15, 0.2) is 0 Å². The fourth-order valence-corrected chi connectivity index (χ4v) is 6.34. The Kier molecular flexibility index (Phi) is 8.89. The third kappa shape index (κ3) is 7.41. The standard InChI is InChI=1S/C26H40F4/c1-2-3-19-4-6-20(7-5-19)8-9-21-10-12-22(13-11-21)23-14-16-24(17-15-23)25(27)18-26(28,29)30/h8-9,18-24H,2-7,10-17H2,1H3/b9-8+,25-18-. The Morgan fingerprint density at radius 3 is 1.67 bits per heavy atom. The van der Waals surface area contributed by atoms with Crippen molar-refractivity contribution < 1.29 is 17.6 Å². The molecule has 0 N–H and O–H groups in total. The van der Waals surface area contributed by atoms with Crippen molar-refractivity contribution >= 4 is 0 Å². The van der Waals surface area contributed by atoms with Crippen LogP contribution in [-0.2, 0) is 0 Å². The zero-order valence-corrected chi connectivity index (χ0v) is 18.6. The first kappa shape index (κ1) is 23.9. The molecule has 0 aromatic carbocycles. The highest BCUT2D eigenvalue weighted by Crippen LogP contribution is 2.44. The van der Waals surface area contributed by atoms with Gasteiger partial charge in [0.1, 0.15) is 5.83 Å². The lowest BCUT2D eigenvalue weighted by Crippen LogP contribution is -2.26. The van der Waals surface area contributed by atoms with Gasteiger partial charge in [-0.05, 0) is 107 Å². The van der Waals surface area contributed by atoms with Crippen molar-refractivity contribution in [1.82, 2.24) is 0 Å². The maximum absolute atomic E-state index is 13.8. The van der Waals surface area contributed by atoms with Crippen LogP contribution < -0.4 is 0 Å². The van der Waals surface area contributed by atoms with E-state index in [0.29, 0.717) is 30.6 Å². The lowest BCUT2D eigenvalue weighted by Gasteiger charge is -2.37. The van der Waals surface area contributed by atoms with Crippen LogP contribution in [0.15, 0.2) is 24.1 Å². The first-order chi connectivity index (χ1) is 14.3. The highest BCUT2D eigenvalue weighted by Gasteiger charge is 2.33. The summed E-state index contributed by atoms with van der Waals surface area (Å²) in [5.74, 6) is 2.24. The second-order valence-corrected chi connectivity index (χ2v) is 10.3. The summed E-state index contributed by atoms with van der Waals surface area (Å²) in [7, 11) is 0. The van der Waals surface area contributed by atoms with Gasteiger partial charge < -0.3 is 0 Å². The summed E-state index contributed by atoms with van der Waals surface area (Å²) >= 11 is 0. The van der Waals surface area contributed by atoms with E-state index in [1.54, 1.807) is 0 Å². The van der Waals surface area contributed by atoms with Crippen LogP contribution in [0.4, 0.5) is 17.6 Å². The van der Waals surface area contributed by atoms with Gasteiger partial charge in [-0.3, -0.25) is 0 Å². The summed E-state index contributed by atoms with van der Waals surface area (Å²) in [5.41, 5.74) is 0. The van der Waals surface area contributed by atoms with E-state index in [2.05, 4.69) is 19.1 Å². The van der Waals surface area contributed by atoms with Gasteiger partial charge in [0.25, 0.3) is 0 Å². The summed E-state index contributed by atoms with van der Waals surface area (Å²) in [6, 6.07) is 0. The zero-order chi connectivity index (χ0) is 21.6. The molecule has 3 aliphatic carbocycles. The minimum absolute atomic E-state index is 0.133. The molecule has 0 spiro atoms. The van der Waals surface area contributed by atoms with Gasteiger partial charge in [-0.15, -0.1) is 0 Å². The molecule has 3 rings (SSSR count). The van der Waals surface area contributed by atoms with Crippen molar-refractivity contribution in [2.24, 2.45) is 35.5 Å². The third-order valence-corrected chi connectivity index (χ3v) is 8.19. The first-order valence-corrected chi connectivity index (χ1v) is 12.5. The Morgan fingerprint density at radius 2 is 1.20 bits per heavy atom. The smallest absolute Gasteiger partial charge is 0.212 e. The third-order valence-electron chi connectivity index (χ3n) is 8.19. The Hall–Kier alpha value is -0.800. The number of halogens is 4. The number of alkyl halides is 3. The Balaban J connectivity index is 1.36. The Morgan fingerprint density at radius 1 is 0.733 bits per heavy atom. The van der Waals surface area contributed by atoms with Gasteiger partial charge in [-0.2, -0.15) is 13.2 Å². The van der Waals surface area contributed by atoms with Crippen molar-refractivity contribution in [2.75, 3.05) is 0 Å². The highest BCUT2D eigenvalue weighted by molar-refractivity contribution is 5.03. The van der Waals surface area contributed by atoms with E-state index in [1.807, 2.05) is 0 Å². The van der Waals surface area contributed by atoms with Crippen LogP contribution in [0.1, 0.15) is 96.8 Å². The molecular formula is C26H40F4. The average molecular weight is 429 g/mol. The van der Waals surface area contributed by atoms with Gasteiger partial charge in [0, 0.05) is 5.92 Å². The molecule has 172 valence electrons. The summed E-state index contributed by atoms with van der Waals surface area (Å²) < 4.78 is 51.0. The van der Waals surface area contributed by atoms with Gasteiger partial charge in [-0.25, -0.2) is 4.39 Å². The van der Waals surface area contributed by atoms with Crippen LogP contribution in [0, 0.1) is 35.5 Å². The van der Waals surface area contributed by atoms with Crippen LogP contribution in [0.2, 0.25) is 0 Å². The molecule has 0 aromatic heterocycles. The normalized spacial score (nSPS) is 36.9. The lowest BCUT2D eigenvalue weighted by atomic mass is 9.69. The molecule has 0 radical (unpaired) electrons. The van der Waals surface area contributed by atoms with Crippen molar-refractivity contribution in [3.63, 3.8) is 0 Å². The summed E-state index contributed by atoms with van der Waals surface area (Å²) in [6.45, 7) is 2.29. The minimum Gasteiger partial charge on any atom is -0.212 e.